The molecule has 0 aliphatic heterocycles. The Hall–Kier alpha value is -3.39. The zero-order valence-electron chi connectivity index (χ0n) is 13.3. The average molecular weight is 373 g/mol. The smallest absolute Gasteiger partial charge is 0.319 e. The van der Waals surface area contributed by atoms with E-state index < -0.39 is 11.0 Å². The molecule has 3 aromatic rings. The van der Waals surface area contributed by atoms with Crippen LogP contribution in [0, 0.1) is 10.1 Å². The Morgan fingerprint density at radius 1 is 1.23 bits per heavy atom. The van der Waals surface area contributed by atoms with Crippen molar-refractivity contribution in [2.75, 3.05) is 5.32 Å². The third-order valence-electron chi connectivity index (χ3n) is 3.41. The molecule has 2 aromatic carbocycles. The second-order valence-corrected chi connectivity index (χ2v) is 5.62. The number of nitro groups is 1. The lowest BCUT2D eigenvalue weighted by Gasteiger charge is -2.06. The number of urea groups is 1. The van der Waals surface area contributed by atoms with E-state index >= 15 is 0 Å². The first-order valence-corrected chi connectivity index (χ1v) is 7.89. The molecule has 0 aliphatic carbocycles. The maximum Gasteiger partial charge on any atom is 0.319 e. The van der Waals surface area contributed by atoms with Gasteiger partial charge in [0, 0.05) is 17.3 Å². The van der Waals surface area contributed by atoms with Crippen LogP contribution in [-0.4, -0.2) is 15.9 Å². The Bertz CT molecular complexity index is 943. The number of nitro benzene ring substituents is 1. The van der Waals surface area contributed by atoms with Crippen molar-refractivity contribution in [3.8, 4) is 11.3 Å². The third kappa shape index (κ3) is 4.17. The molecule has 0 aliphatic rings. The number of nitrogens with one attached hydrogen (secondary N) is 2. The van der Waals surface area contributed by atoms with Crippen molar-refractivity contribution in [1.29, 1.82) is 0 Å². The molecule has 9 heteroatoms. The number of anilines is 1. The Labute approximate surface area is 153 Å². The quantitative estimate of drug-likeness (QED) is 0.514. The molecule has 0 unspecified atom stereocenters. The number of nitrogens with zero attached hydrogens (tertiary/aromatic N) is 2. The molecule has 0 fully saturated rings. The Morgan fingerprint density at radius 2 is 2.00 bits per heavy atom. The van der Waals surface area contributed by atoms with E-state index in [1.54, 1.807) is 6.20 Å². The molecule has 1 heterocycles. The lowest BCUT2D eigenvalue weighted by Crippen LogP contribution is -2.28. The number of carbonyl (C=O) groups is 1. The Balaban J connectivity index is 1.59. The molecule has 0 saturated heterocycles. The minimum absolute atomic E-state index is 0.00538. The number of hydrogen-bond donors (Lipinski definition) is 2. The molecule has 1 aromatic heterocycles. The van der Waals surface area contributed by atoms with Gasteiger partial charge in [-0.2, -0.15) is 0 Å². The second kappa shape index (κ2) is 7.66. The lowest BCUT2D eigenvalue weighted by atomic mass is 10.2. The lowest BCUT2D eigenvalue weighted by molar-refractivity contribution is -0.384. The predicted octanol–water partition coefficient (Wildman–Crippen LogP) is 4.22. The van der Waals surface area contributed by atoms with Gasteiger partial charge in [-0.25, -0.2) is 9.78 Å². The van der Waals surface area contributed by atoms with Gasteiger partial charge in [-0.15, -0.1) is 0 Å². The zero-order valence-corrected chi connectivity index (χ0v) is 14.1. The molecule has 2 amide bonds. The number of amides is 2. The van der Waals surface area contributed by atoms with Crippen LogP contribution >= 0.6 is 11.6 Å². The number of carbonyl (C=O) groups excluding carboxylic acids is 1. The molecule has 26 heavy (non-hydrogen) atoms. The molecule has 132 valence electrons. The molecule has 0 radical (unpaired) electrons. The monoisotopic (exact) mass is 372 g/mol. The van der Waals surface area contributed by atoms with Crippen molar-refractivity contribution in [3.05, 3.63) is 75.8 Å². The number of aromatic nitrogens is 1. The van der Waals surface area contributed by atoms with Gasteiger partial charge < -0.3 is 15.1 Å². The summed E-state index contributed by atoms with van der Waals surface area (Å²) in [5.74, 6) is 0.928. The number of oxazole rings is 1. The molecule has 2 N–H and O–H groups in total. The van der Waals surface area contributed by atoms with Crippen molar-refractivity contribution >= 4 is 29.0 Å². The minimum atomic E-state index is -0.622. The van der Waals surface area contributed by atoms with Gasteiger partial charge in [0.25, 0.3) is 5.69 Å². The first-order chi connectivity index (χ1) is 12.5. The third-order valence-corrected chi connectivity index (χ3v) is 3.73. The van der Waals surface area contributed by atoms with Crippen LogP contribution in [0.5, 0.6) is 0 Å². The molecule has 3 rings (SSSR count). The number of hydrogen-bond acceptors (Lipinski definition) is 5. The van der Waals surface area contributed by atoms with Gasteiger partial charge in [0.1, 0.15) is 5.02 Å². The molecule has 0 atom stereocenters. The number of halogens is 1. The molecular weight excluding hydrogens is 360 g/mol. The second-order valence-electron chi connectivity index (χ2n) is 5.22. The van der Waals surface area contributed by atoms with Crippen LogP contribution < -0.4 is 10.6 Å². The maximum absolute atomic E-state index is 11.9. The standard InChI is InChI=1S/C17H13ClN4O4/c18-13-7-6-12(8-14(13)22(24)25)21-17(23)20-10-16-19-9-15(26-16)11-4-2-1-3-5-11/h1-9H,10H2,(H2,20,21,23). The van der Waals surface area contributed by atoms with Gasteiger partial charge in [0.15, 0.2) is 5.76 Å². The van der Waals surface area contributed by atoms with E-state index in [-0.39, 0.29) is 22.9 Å². The SMILES string of the molecule is O=C(NCc1ncc(-c2ccccc2)o1)Nc1ccc(Cl)c([N+](=O)[O-])c1. The van der Waals surface area contributed by atoms with E-state index in [1.165, 1.54) is 18.2 Å². The highest BCUT2D eigenvalue weighted by Crippen LogP contribution is 2.27. The van der Waals surface area contributed by atoms with Crippen LogP contribution in [0.25, 0.3) is 11.3 Å². The first-order valence-electron chi connectivity index (χ1n) is 7.52. The Morgan fingerprint density at radius 3 is 2.73 bits per heavy atom. The van der Waals surface area contributed by atoms with Crippen molar-refractivity contribution in [2.24, 2.45) is 0 Å². The van der Waals surface area contributed by atoms with Crippen LogP contribution in [0.1, 0.15) is 5.89 Å². The fourth-order valence-corrected chi connectivity index (χ4v) is 2.38. The Kier molecular flexibility index (Phi) is 5.14. The highest BCUT2D eigenvalue weighted by atomic mass is 35.5. The van der Waals surface area contributed by atoms with Crippen molar-refractivity contribution in [1.82, 2.24) is 10.3 Å². The fourth-order valence-electron chi connectivity index (χ4n) is 2.19. The minimum Gasteiger partial charge on any atom is -0.439 e. The van der Waals surface area contributed by atoms with Gasteiger partial charge in [0.2, 0.25) is 5.89 Å². The molecule has 0 spiro atoms. The van der Waals surface area contributed by atoms with Crippen LogP contribution in [-0.2, 0) is 6.54 Å². The summed E-state index contributed by atoms with van der Waals surface area (Å²) in [5.41, 5.74) is 0.838. The van der Waals surface area contributed by atoms with E-state index in [2.05, 4.69) is 15.6 Å². The van der Waals surface area contributed by atoms with Crippen LogP contribution in [0.3, 0.4) is 0 Å². The highest BCUT2D eigenvalue weighted by molar-refractivity contribution is 6.32. The summed E-state index contributed by atoms with van der Waals surface area (Å²) in [7, 11) is 0. The average Bonchev–Trinajstić information content (AvgIpc) is 3.11. The summed E-state index contributed by atoms with van der Waals surface area (Å²) in [6.07, 6.45) is 1.58. The topological polar surface area (TPSA) is 110 Å². The van der Waals surface area contributed by atoms with Gasteiger partial charge in [0.05, 0.1) is 17.7 Å². The summed E-state index contributed by atoms with van der Waals surface area (Å²) in [4.78, 5) is 26.3. The number of benzene rings is 2. The van der Waals surface area contributed by atoms with E-state index in [4.69, 9.17) is 16.0 Å². The fraction of sp³-hybridized carbons (Fsp3) is 0.0588. The van der Waals surface area contributed by atoms with Crippen molar-refractivity contribution in [2.45, 2.75) is 6.54 Å². The molecular formula is C17H13ClN4O4. The van der Waals surface area contributed by atoms with E-state index in [0.717, 1.165) is 5.56 Å². The van der Waals surface area contributed by atoms with Gasteiger partial charge in [-0.05, 0) is 12.1 Å². The zero-order chi connectivity index (χ0) is 18.5. The van der Waals surface area contributed by atoms with Crippen molar-refractivity contribution < 1.29 is 14.1 Å². The summed E-state index contributed by atoms with van der Waals surface area (Å²) in [6.45, 7) is 0.0638. The van der Waals surface area contributed by atoms with Gasteiger partial charge >= 0.3 is 6.03 Å². The summed E-state index contributed by atoms with van der Waals surface area (Å²) < 4.78 is 5.58. The van der Waals surface area contributed by atoms with Gasteiger partial charge in [-0.3, -0.25) is 10.1 Å². The van der Waals surface area contributed by atoms with E-state index in [0.29, 0.717) is 11.7 Å². The molecule has 0 saturated carbocycles. The largest absolute Gasteiger partial charge is 0.439 e. The normalized spacial score (nSPS) is 10.3. The van der Waals surface area contributed by atoms with Crippen LogP contribution in [0.15, 0.2) is 59.1 Å². The first kappa shape index (κ1) is 17.4. The van der Waals surface area contributed by atoms with E-state index in [9.17, 15) is 14.9 Å². The molecule has 0 bridgehead atoms. The summed E-state index contributed by atoms with van der Waals surface area (Å²) in [6, 6.07) is 12.9. The predicted molar refractivity (Wildman–Crippen MR) is 95.9 cm³/mol. The van der Waals surface area contributed by atoms with E-state index in [1.807, 2.05) is 30.3 Å². The maximum atomic E-state index is 11.9. The van der Waals surface area contributed by atoms with Crippen molar-refractivity contribution in [3.63, 3.8) is 0 Å². The highest BCUT2D eigenvalue weighted by Gasteiger charge is 2.14. The number of rotatable bonds is 5. The van der Waals surface area contributed by atoms with Crippen LogP contribution in [0.2, 0.25) is 5.02 Å². The summed E-state index contributed by atoms with van der Waals surface area (Å²) >= 11 is 5.73. The van der Waals surface area contributed by atoms with Crippen LogP contribution in [0.4, 0.5) is 16.2 Å². The molecule has 8 nitrogen and oxygen atoms in total. The summed E-state index contributed by atoms with van der Waals surface area (Å²) in [5, 5.41) is 15.9. The van der Waals surface area contributed by atoms with Gasteiger partial charge in [-0.1, -0.05) is 41.9 Å².